The second-order valence-corrected chi connectivity index (χ2v) is 8.93. The zero-order valence-electron chi connectivity index (χ0n) is 15.5. The number of thiocarbonyl (C=S) groups is 1. The molecule has 1 aliphatic heterocycles. The van der Waals surface area contributed by atoms with Crippen molar-refractivity contribution in [3.63, 3.8) is 0 Å². The molecule has 4 nitrogen and oxygen atoms in total. The minimum Gasteiger partial charge on any atom is -0.491 e. The first-order chi connectivity index (χ1) is 13.5. The molecule has 0 radical (unpaired) electrons. The highest BCUT2D eigenvalue weighted by Gasteiger charge is 2.41. The maximum atomic E-state index is 6.25. The molecule has 144 valence electrons. The van der Waals surface area contributed by atoms with Gasteiger partial charge in [0, 0.05) is 16.8 Å². The van der Waals surface area contributed by atoms with Gasteiger partial charge in [0.25, 0.3) is 0 Å². The molecule has 3 heterocycles. The van der Waals surface area contributed by atoms with Gasteiger partial charge in [-0.3, -0.25) is 4.98 Å². The molecule has 7 heteroatoms. The van der Waals surface area contributed by atoms with Gasteiger partial charge >= 0.3 is 0 Å². The number of halogens is 1. The lowest BCUT2D eigenvalue weighted by Gasteiger charge is -2.27. The van der Waals surface area contributed by atoms with Gasteiger partial charge in [0.2, 0.25) is 0 Å². The Kier molecular flexibility index (Phi) is 5.53. The molecular formula is C21H20ClN3OS2. The van der Waals surface area contributed by atoms with Crippen LogP contribution in [0.15, 0.2) is 60.8 Å². The lowest BCUT2D eigenvalue weighted by molar-refractivity contribution is 0.242. The highest BCUT2D eigenvalue weighted by atomic mass is 35.5. The van der Waals surface area contributed by atoms with Gasteiger partial charge < -0.3 is 15.0 Å². The van der Waals surface area contributed by atoms with E-state index in [0.29, 0.717) is 5.11 Å². The molecule has 1 aromatic carbocycles. The molecule has 0 spiro atoms. The molecule has 0 unspecified atom stereocenters. The third-order valence-corrected chi connectivity index (χ3v) is 6.09. The number of hydrogen-bond acceptors (Lipinski definition) is 4. The molecule has 2 aromatic heterocycles. The summed E-state index contributed by atoms with van der Waals surface area (Å²) in [6.07, 6.45) is 1.94. The molecular weight excluding hydrogens is 410 g/mol. The lowest BCUT2D eigenvalue weighted by Crippen LogP contribution is -2.29. The van der Waals surface area contributed by atoms with Crippen molar-refractivity contribution in [3.8, 4) is 5.75 Å². The van der Waals surface area contributed by atoms with Crippen LogP contribution in [0.5, 0.6) is 5.75 Å². The van der Waals surface area contributed by atoms with Crippen LogP contribution in [-0.4, -0.2) is 16.2 Å². The number of pyridine rings is 1. The van der Waals surface area contributed by atoms with Gasteiger partial charge in [0.05, 0.1) is 28.2 Å². The van der Waals surface area contributed by atoms with Crippen LogP contribution in [0.2, 0.25) is 4.34 Å². The Morgan fingerprint density at radius 3 is 2.54 bits per heavy atom. The van der Waals surface area contributed by atoms with E-state index in [2.05, 4.69) is 21.3 Å². The molecule has 4 rings (SSSR count). The Bertz CT molecular complexity index is 959. The number of rotatable bonds is 5. The minimum atomic E-state index is -0.0602. The minimum absolute atomic E-state index is 0.0308. The summed E-state index contributed by atoms with van der Waals surface area (Å²) in [7, 11) is 0. The van der Waals surface area contributed by atoms with Gasteiger partial charge in [-0.2, -0.15) is 0 Å². The monoisotopic (exact) mass is 429 g/mol. The van der Waals surface area contributed by atoms with Gasteiger partial charge in [0.1, 0.15) is 5.75 Å². The topological polar surface area (TPSA) is 37.4 Å². The average molecular weight is 430 g/mol. The number of hydrogen-bond donors (Lipinski definition) is 1. The number of benzene rings is 1. The van der Waals surface area contributed by atoms with Gasteiger partial charge in [-0.25, -0.2) is 0 Å². The molecule has 1 fully saturated rings. The van der Waals surface area contributed by atoms with Gasteiger partial charge in [-0.15, -0.1) is 11.3 Å². The van der Waals surface area contributed by atoms with Crippen LogP contribution in [0, 0.1) is 0 Å². The largest absolute Gasteiger partial charge is 0.491 e. The van der Waals surface area contributed by atoms with Crippen molar-refractivity contribution >= 4 is 46.0 Å². The number of nitrogens with one attached hydrogen (secondary N) is 1. The fourth-order valence-electron chi connectivity index (χ4n) is 3.37. The maximum Gasteiger partial charge on any atom is 0.174 e. The predicted octanol–water partition coefficient (Wildman–Crippen LogP) is 5.76. The van der Waals surface area contributed by atoms with Crippen molar-refractivity contribution in [2.75, 3.05) is 4.90 Å². The highest BCUT2D eigenvalue weighted by molar-refractivity contribution is 7.80. The van der Waals surface area contributed by atoms with Gasteiger partial charge in [-0.05, 0) is 74.6 Å². The molecule has 3 aromatic rings. The molecule has 0 aliphatic carbocycles. The summed E-state index contributed by atoms with van der Waals surface area (Å²) in [6, 6.07) is 17.9. The zero-order valence-corrected chi connectivity index (χ0v) is 17.9. The maximum absolute atomic E-state index is 6.25. The third-order valence-electron chi connectivity index (χ3n) is 4.47. The van der Waals surface area contributed by atoms with Crippen LogP contribution in [0.4, 0.5) is 5.69 Å². The quantitative estimate of drug-likeness (QED) is 0.522. The molecule has 0 saturated carbocycles. The van der Waals surface area contributed by atoms with E-state index >= 15 is 0 Å². The Labute approximate surface area is 179 Å². The van der Waals surface area contributed by atoms with E-state index < -0.39 is 0 Å². The van der Waals surface area contributed by atoms with Crippen molar-refractivity contribution in [1.29, 1.82) is 0 Å². The first kappa shape index (κ1) is 19.2. The summed E-state index contributed by atoms with van der Waals surface area (Å²) in [4.78, 5) is 7.83. The van der Waals surface area contributed by atoms with Crippen molar-refractivity contribution in [3.05, 3.63) is 75.7 Å². The van der Waals surface area contributed by atoms with Crippen molar-refractivity contribution < 1.29 is 4.74 Å². The standard InChI is InChI=1S/C21H20ClN3OS2/c1-13(2)26-15-8-6-14(7-9-15)25-20(17-10-11-18(22)28-17)19(24-21(25)27)16-5-3-4-12-23-16/h3-13,19-20H,1-2H3,(H,24,27)/t19-,20-/m0/s1. The molecule has 28 heavy (non-hydrogen) atoms. The van der Waals surface area contributed by atoms with Crippen LogP contribution >= 0.6 is 35.2 Å². The number of nitrogens with zero attached hydrogens (tertiary/aromatic N) is 2. The summed E-state index contributed by atoms with van der Waals surface area (Å²) in [6.45, 7) is 4.03. The summed E-state index contributed by atoms with van der Waals surface area (Å²) < 4.78 is 6.53. The summed E-state index contributed by atoms with van der Waals surface area (Å²) in [5, 5.41) is 4.12. The van der Waals surface area contributed by atoms with Crippen LogP contribution in [0.1, 0.15) is 36.5 Å². The Hall–Kier alpha value is -2.15. The molecule has 2 atom stereocenters. The third kappa shape index (κ3) is 3.85. The Morgan fingerprint density at radius 1 is 1.14 bits per heavy atom. The Morgan fingerprint density at radius 2 is 1.93 bits per heavy atom. The molecule has 1 N–H and O–H groups in total. The second kappa shape index (κ2) is 8.07. The lowest BCUT2D eigenvalue weighted by atomic mass is 10.0. The predicted molar refractivity (Wildman–Crippen MR) is 119 cm³/mol. The SMILES string of the molecule is CC(C)Oc1ccc(N2C(=S)N[C@@H](c3ccccn3)[C@@H]2c2ccc(Cl)s2)cc1. The zero-order chi connectivity index (χ0) is 19.7. The van der Waals surface area contributed by atoms with Crippen molar-refractivity contribution in [2.24, 2.45) is 0 Å². The first-order valence-corrected chi connectivity index (χ1v) is 10.7. The second-order valence-electron chi connectivity index (χ2n) is 6.80. The number of thiophene rings is 1. The molecule has 0 bridgehead atoms. The van der Waals surface area contributed by atoms with E-state index in [-0.39, 0.29) is 18.2 Å². The fraction of sp³-hybridized carbons (Fsp3) is 0.238. The van der Waals surface area contributed by atoms with Crippen LogP contribution < -0.4 is 15.0 Å². The van der Waals surface area contributed by atoms with E-state index in [4.69, 9.17) is 28.6 Å². The van der Waals surface area contributed by atoms with Crippen molar-refractivity contribution in [1.82, 2.24) is 10.3 Å². The Balaban J connectivity index is 1.73. The van der Waals surface area contributed by atoms with E-state index in [0.717, 1.165) is 26.3 Å². The van der Waals surface area contributed by atoms with E-state index in [9.17, 15) is 0 Å². The molecule has 1 saturated heterocycles. The summed E-state index contributed by atoms with van der Waals surface area (Å²) in [5.74, 6) is 0.841. The summed E-state index contributed by atoms with van der Waals surface area (Å²) in [5.41, 5.74) is 1.95. The van der Waals surface area contributed by atoms with Gasteiger partial charge in [-0.1, -0.05) is 17.7 Å². The van der Waals surface area contributed by atoms with E-state index in [1.165, 1.54) is 0 Å². The molecule has 1 aliphatic rings. The molecule has 0 amide bonds. The normalized spacial score (nSPS) is 19.1. The highest BCUT2D eigenvalue weighted by Crippen LogP contribution is 2.44. The number of anilines is 1. The van der Waals surface area contributed by atoms with Crippen LogP contribution in [0.25, 0.3) is 0 Å². The van der Waals surface area contributed by atoms with Crippen LogP contribution in [-0.2, 0) is 0 Å². The van der Waals surface area contributed by atoms with Crippen LogP contribution in [0.3, 0.4) is 0 Å². The number of ether oxygens (including phenoxy) is 1. The first-order valence-electron chi connectivity index (χ1n) is 9.05. The van der Waals surface area contributed by atoms with E-state index in [1.54, 1.807) is 17.5 Å². The van der Waals surface area contributed by atoms with E-state index in [1.807, 2.05) is 62.4 Å². The fourth-order valence-corrected chi connectivity index (χ4v) is 4.90. The number of aromatic nitrogens is 1. The smallest absolute Gasteiger partial charge is 0.174 e. The van der Waals surface area contributed by atoms with Crippen molar-refractivity contribution in [2.45, 2.75) is 32.0 Å². The van der Waals surface area contributed by atoms with Gasteiger partial charge in [0.15, 0.2) is 5.11 Å². The summed E-state index contributed by atoms with van der Waals surface area (Å²) >= 11 is 13.5. The average Bonchev–Trinajstić information content (AvgIpc) is 3.26.